The van der Waals surface area contributed by atoms with Crippen molar-refractivity contribution in [3.63, 3.8) is 0 Å². The molecule has 0 aliphatic carbocycles. The highest BCUT2D eigenvalue weighted by molar-refractivity contribution is 4.80. The third-order valence-electron chi connectivity index (χ3n) is 3.06. The molecule has 0 aromatic heterocycles. The Bertz CT molecular complexity index is 152. The molecule has 1 aliphatic rings. The molecule has 2 nitrogen and oxygen atoms in total. The molecule has 0 aromatic carbocycles. The van der Waals surface area contributed by atoms with Gasteiger partial charge in [0.05, 0.1) is 0 Å². The van der Waals surface area contributed by atoms with Crippen LogP contribution in [0.25, 0.3) is 0 Å². The summed E-state index contributed by atoms with van der Waals surface area (Å²) in [7, 11) is 0. The van der Waals surface area contributed by atoms with E-state index in [1.165, 1.54) is 45.3 Å². The van der Waals surface area contributed by atoms with Crippen LogP contribution in [-0.4, -0.2) is 30.1 Å². The summed E-state index contributed by atoms with van der Waals surface area (Å²) in [5, 5.41) is 0. The summed E-state index contributed by atoms with van der Waals surface area (Å²) in [6, 6.07) is 0. The molecule has 0 spiro atoms. The Balaban J connectivity index is 2.22. The third kappa shape index (κ3) is 4.43. The van der Waals surface area contributed by atoms with Crippen molar-refractivity contribution in [2.75, 3.05) is 19.6 Å². The predicted octanol–water partition coefficient (Wildman–Crippen LogP) is 2.24. The highest BCUT2D eigenvalue weighted by Gasteiger charge is 2.23. The van der Waals surface area contributed by atoms with Crippen molar-refractivity contribution in [2.45, 2.75) is 52.0 Å². The fourth-order valence-corrected chi connectivity index (χ4v) is 2.47. The summed E-state index contributed by atoms with van der Waals surface area (Å²) in [4.78, 5) is 2.58. The van der Waals surface area contributed by atoms with Crippen molar-refractivity contribution in [2.24, 2.45) is 11.7 Å². The molecule has 1 aliphatic heterocycles. The standard InChI is InChI=1S/C12H26N2/c1-4-7-14-8-5-11(6-9-14)10-12(2,3)13/h11H,4-10,13H2,1-3H3. The van der Waals surface area contributed by atoms with Gasteiger partial charge in [0.1, 0.15) is 0 Å². The first-order chi connectivity index (χ1) is 6.51. The minimum Gasteiger partial charge on any atom is -0.326 e. The van der Waals surface area contributed by atoms with Crippen LogP contribution < -0.4 is 5.73 Å². The van der Waals surface area contributed by atoms with Crippen LogP contribution in [0.1, 0.15) is 46.5 Å². The van der Waals surface area contributed by atoms with Crippen LogP contribution in [0.3, 0.4) is 0 Å². The Morgan fingerprint density at radius 1 is 1.29 bits per heavy atom. The Morgan fingerprint density at radius 3 is 2.29 bits per heavy atom. The fourth-order valence-electron chi connectivity index (χ4n) is 2.47. The van der Waals surface area contributed by atoms with Crippen molar-refractivity contribution < 1.29 is 0 Å². The van der Waals surface area contributed by atoms with Crippen molar-refractivity contribution in [1.29, 1.82) is 0 Å². The average Bonchev–Trinajstić information content (AvgIpc) is 2.06. The van der Waals surface area contributed by atoms with Gasteiger partial charge in [0.25, 0.3) is 0 Å². The van der Waals surface area contributed by atoms with Crippen LogP contribution in [-0.2, 0) is 0 Å². The molecule has 1 heterocycles. The van der Waals surface area contributed by atoms with Crippen LogP contribution in [0.4, 0.5) is 0 Å². The molecule has 2 heteroatoms. The lowest BCUT2D eigenvalue weighted by atomic mass is 9.85. The molecule has 0 radical (unpaired) electrons. The van der Waals surface area contributed by atoms with Crippen LogP contribution in [0, 0.1) is 5.92 Å². The number of nitrogens with zero attached hydrogens (tertiary/aromatic N) is 1. The highest BCUT2D eigenvalue weighted by atomic mass is 15.1. The first-order valence-electron chi connectivity index (χ1n) is 6.02. The lowest BCUT2D eigenvalue weighted by Crippen LogP contribution is -2.39. The van der Waals surface area contributed by atoms with Crippen molar-refractivity contribution >= 4 is 0 Å². The van der Waals surface area contributed by atoms with E-state index in [4.69, 9.17) is 5.73 Å². The molecular weight excluding hydrogens is 172 g/mol. The van der Waals surface area contributed by atoms with Gasteiger partial charge in [0, 0.05) is 5.54 Å². The molecule has 0 amide bonds. The SMILES string of the molecule is CCCN1CCC(CC(C)(C)N)CC1. The molecule has 84 valence electrons. The lowest BCUT2D eigenvalue weighted by molar-refractivity contribution is 0.166. The first kappa shape index (κ1) is 12.0. The van der Waals surface area contributed by atoms with Gasteiger partial charge in [-0.15, -0.1) is 0 Å². The minimum absolute atomic E-state index is 0.0254. The molecule has 1 rings (SSSR count). The molecule has 2 N–H and O–H groups in total. The second-order valence-corrected chi connectivity index (χ2v) is 5.48. The Morgan fingerprint density at radius 2 is 1.86 bits per heavy atom. The van der Waals surface area contributed by atoms with E-state index in [1.54, 1.807) is 0 Å². The minimum atomic E-state index is 0.0254. The average molecular weight is 198 g/mol. The molecular formula is C12H26N2. The van der Waals surface area contributed by atoms with Crippen LogP contribution in [0.15, 0.2) is 0 Å². The zero-order chi connectivity index (χ0) is 10.6. The van der Waals surface area contributed by atoms with E-state index in [2.05, 4.69) is 25.7 Å². The van der Waals surface area contributed by atoms with E-state index >= 15 is 0 Å². The van der Waals surface area contributed by atoms with E-state index in [0.717, 1.165) is 5.92 Å². The van der Waals surface area contributed by atoms with Crippen molar-refractivity contribution in [3.05, 3.63) is 0 Å². The van der Waals surface area contributed by atoms with Crippen LogP contribution >= 0.6 is 0 Å². The largest absolute Gasteiger partial charge is 0.326 e. The molecule has 0 unspecified atom stereocenters. The Labute approximate surface area is 88.8 Å². The number of hydrogen-bond acceptors (Lipinski definition) is 2. The fraction of sp³-hybridized carbons (Fsp3) is 1.00. The topological polar surface area (TPSA) is 29.3 Å². The summed E-state index contributed by atoms with van der Waals surface area (Å²) in [5.41, 5.74) is 6.07. The van der Waals surface area contributed by atoms with Crippen LogP contribution in [0.2, 0.25) is 0 Å². The maximum atomic E-state index is 6.05. The van der Waals surface area contributed by atoms with Gasteiger partial charge >= 0.3 is 0 Å². The zero-order valence-corrected chi connectivity index (χ0v) is 10.1. The van der Waals surface area contributed by atoms with Crippen molar-refractivity contribution in [1.82, 2.24) is 4.90 Å². The summed E-state index contributed by atoms with van der Waals surface area (Å²) in [6.45, 7) is 10.4. The second-order valence-electron chi connectivity index (χ2n) is 5.48. The first-order valence-corrected chi connectivity index (χ1v) is 6.02. The van der Waals surface area contributed by atoms with Gasteiger partial charge in [-0.2, -0.15) is 0 Å². The number of likely N-dealkylation sites (tertiary alicyclic amines) is 1. The molecule has 0 bridgehead atoms. The Kier molecular flexibility index (Phi) is 4.39. The van der Waals surface area contributed by atoms with Gasteiger partial charge in [-0.25, -0.2) is 0 Å². The molecule has 0 saturated carbocycles. The van der Waals surface area contributed by atoms with E-state index in [1.807, 2.05) is 0 Å². The van der Waals surface area contributed by atoms with Gasteiger partial charge < -0.3 is 10.6 Å². The van der Waals surface area contributed by atoms with Crippen LogP contribution in [0.5, 0.6) is 0 Å². The van der Waals surface area contributed by atoms with Gasteiger partial charge in [-0.3, -0.25) is 0 Å². The highest BCUT2D eigenvalue weighted by Crippen LogP contribution is 2.24. The van der Waals surface area contributed by atoms with E-state index in [0.29, 0.717) is 0 Å². The second kappa shape index (κ2) is 5.13. The van der Waals surface area contributed by atoms with Crippen molar-refractivity contribution in [3.8, 4) is 0 Å². The molecule has 1 fully saturated rings. The number of nitrogens with two attached hydrogens (primary N) is 1. The smallest absolute Gasteiger partial charge is 0.00997 e. The van der Waals surface area contributed by atoms with Gasteiger partial charge in [-0.1, -0.05) is 6.92 Å². The number of piperidine rings is 1. The maximum absolute atomic E-state index is 6.05. The summed E-state index contributed by atoms with van der Waals surface area (Å²) < 4.78 is 0. The molecule has 0 aromatic rings. The lowest BCUT2D eigenvalue weighted by Gasteiger charge is -2.34. The summed E-state index contributed by atoms with van der Waals surface area (Å²) in [6.07, 6.45) is 5.17. The number of hydrogen-bond donors (Lipinski definition) is 1. The normalized spacial score (nSPS) is 21.4. The maximum Gasteiger partial charge on any atom is 0.00997 e. The predicted molar refractivity (Wildman–Crippen MR) is 62.3 cm³/mol. The summed E-state index contributed by atoms with van der Waals surface area (Å²) in [5.74, 6) is 0.864. The number of rotatable bonds is 4. The van der Waals surface area contributed by atoms with Gasteiger partial charge in [0.2, 0.25) is 0 Å². The molecule has 1 saturated heterocycles. The molecule has 0 atom stereocenters. The van der Waals surface area contributed by atoms with E-state index < -0.39 is 0 Å². The quantitative estimate of drug-likeness (QED) is 0.750. The molecule has 14 heavy (non-hydrogen) atoms. The third-order valence-corrected chi connectivity index (χ3v) is 3.06. The zero-order valence-electron chi connectivity index (χ0n) is 10.1. The van der Waals surface area contributed by atoms with E-state index in [-0.39, 0.29) is 5.54 Å². The van der Waals surface area contributed by atoms with E-state index in [9.17, 15) is 0 Å². The van der Waals surface area contributed by atoms with Gasteiger partial charge in [-0.05, 0) is 65.1 Å². The monoisotopic (exact) mass is 198 g/mol. The summed E-state index contributed by atoms with van der Waals surface area (Å²) >= 11 is 0. The Hall–Kier alpha value is -0.0800. The van der Waals surface area contributed by atoms with Gasteiger partial charge in [0.15, 0.2) is 0 Å².